The Labute approximate surface area is 182 Å². The van der Waals surface area contributed by atoms with Gasteiger partial charge in [-0.25, -0.2) is 4.98 Å². The Morgan fingerprint density at radius 1 is 1.03 bits per heavy atom. The fraction of sp³-hybridized carbons (Fsp3) is 0.0870. The van der Waals surface area contributed by atoms with E-state index in [2.05, 4.69) is 4.98 Å². The second-order valence-electron chi connectivity index (χ2n) is 6.44. The van der Waals surface area contributed by atoms with Gasteiger partial charge in [0.2, 0.25) is 0 Å². The first-order valence-electron chi connectivity index (χ1n) is 9.15. The van der Waals surface area contributed by atoms with Crippen LogP contribution in [0.15, 0.2) is 82.7 Å². The summed E-state index contributed by atoms with van der Waals surface area (Å²) in [4.78, 5) is 30.6. The summed E-state index contributed by atoms with van der Waals surface area (Å²) in [7, 11) is 1.55. The predicted octanol–water partition coefficient (Wildman–Crippen LogP) is 5.02. The third kappa shape index (κ3) is 3.97. The maximum absolute atomic E-state index is 13.3. The molecule has 0 N–H and O–H groups in total. The van der Waals surface area contributed by atoms with Crippen molar-refractivity contribution in [1.29, 1.82) is 0 Å². The van der Waals surface area contributed by atoms with Crippen LogP contribution in [0.4, 0.5) is 0 Å². The molecule has 0 amide bonds. The van der Waals surface area contributed by atoms with E-state index < -0.39 is 0 Å². The van der Waals surface area contributed by atoms with E-state index in [1.54, 1.807) is 61.7 Å². The van der Waals surface area contributed by atoms with Gasteiger partial charge >= 0.3 is 0 Å². The van der Waals surface area contributed by atoms with E-state index in [0.717, 1.165) is 0 Å². The van der Waals surface area contributed by atoms with Crippen molar-refractivity contribution in [3.63, 3.8) is 0 Å². The third-order valence-corrected chi connectivity index (χ3v) is 5.76. The molecule has 30 heavy (non-hydrogen) atoms. The Morgan fingerprint density at radius 2 is 1.73 bits per heavy atom. The van der Waals surface area contributed by atoms with E-state index in [0.29, 0.717) is 38.1 Å². The van der Waals surface area contributed by atoms with Crippen molar-refractivity contribution >= 4 is 40.0 Å². The number of halogens is 1. The molecule has 150 valence electrons. The molecule has 0 saturated carbocycles. The molecule has 0 fully saturated rings. The molecule has 5 nitrogen and oxygen atoms in total. The van der Waals surface area contributed by atoms with Gasteiger partial charge in [0.1, 0.15) is 5.75 Å². The number of Topliss-reactive ketones (excluding diaryl/α,β-unsaturated/α-hetero) is 1. The minimum atomic E-state index is -0.216. The van der Waals surface area contributed by atoms with Gasteiger partial charge in [-0.1, -0.05) is 47.6 Å². The van der Waals surface area contributed by atoms with Crippen LogP contribution >= 0.6 is 23.4 Å². The van der Waals surface area contributed by atoms with Crippen molar-refractivity contribution in [3.8, 4) is 11.4 Å². The van der Waals surface area contributed by atoms with Crippen LogP contribution in [0.1, 0.15) is 10.4 Å². The van der Waals surface area contributed by atoms with Crippen molar-refractivity contribution in [1.82, 2.24) is 9.55 Å². The lowest BCUT2D eigenvalue weighted by Gasteiger charge is -2.15. The highest BCUT2D eigenvalue weighted by molar-refractivity contribution is 7.99. The lowest BCUT2D eigenvalue weighted by Crippen LogP contribution is -2.22. The van der Waals surface area contributed by atoms with Crippen molar-refractivity contribution in [3.05, 3.63) is 93.7 Å². The number of thioether (sulfide) groups is 1. The Morgan fingerprint density at radius 3 is 2.50 bits per heavy atom. The summed E-state index contributed by atoms with van der Waals surface area (Å²) in [5, 5.41) is 1.49. The molecule has 4 rings (SSSR count). The quantitative estimate of drug-likeness (QED) is 0.241. The summed E-state index contributed by atoms with van der Waals surface area (Å²) < 4.78 is 6.95. The van der Waals surface area contributed by atoms with Gasteiger partial charge in [-0.05, 0) is 48.5 Å². The number of carbonyl (C=O) groups is 1. The van der Waals surface area contributed by atoms with Gasteiger partial charge in [0.05, 0.1) is 29.5 Å². The van der Waals surface area contributed by atoms with E-state index in [1.165, 1.54) is 16.3 Å². The molecule has 0 bridgehead atoms. The molecule has 7 heteroatoms. The van der Waals surface area contributed by atoms with Gasteiger partial charge < -0.3 is 4.74 Å². The first-order valence-corrected chi connectivity index (χ1v) is 10.5. The molecule has 1 heterocycles. The molecule has 0 atom stereocenters. The number of methoxy groups -OCH3 is 1. The molecule has 0 radical (unpaired) electrons. The van der Waals surface area contributed by atoms with Crippen LogP contribution in [-0.4, -0.2) is 28.2 Å². The number of fused-ring (bicyclic) bond motifs is 1. The fourth-order valence-corrected chi connectivity index (χ4v) is 4.11. The van der Waals surface area contributed by atoms with Crippen LogP contribution in [0.2, 0.25) is 5.02 Å². The number of para-hydroxylation sites is 3. The smallest absolute Gasteiger partial charge is 0.266 e. The highest BCUT2D eigenvalue weighted by Gasteiger charge is 2.17. The first kappa shape index (κ1) is 20.2. The second-order valence-corrected chi connectivity index (χ2v) is 7.82. The molecule has 4 aromatic rings. The number of benzene rings is 3. The summed E-state index contributed by atoms with van der Waals surface area (Å²) in [6.07, 6.45) is 0. The van der Waals surface area contributed by atoms with Crippen LogP contribution in [0.5, 0.6) is 5.75 Å². The summed E-state index contributed by atoms with van der Waals surface area (Å²) in [6.45, 7) is 0. The highest BCUT2D eigenvalue weighted by atomic mass is 35.5. The van der Waals surface area contributed by atoms with Crippen molar-refractivity contribution in [2.75, 3.05) is 12.9 Å². The Hall–Kier alpha value is -3.09. The van der Waals surface area contributed by atoms with Crippen LogP contribution in [0, 0.1) is 0 Å². The molecular formula is C23H17ClN2O3S. The number of aromatic nitrogens is 2. The van der Waals surface area contributed by atoms with Gasteiger partial charge in [-0.3, -0.25) is 14.2 Å². The maximum Gasteiger partial charge on any atom is 0.266 e. The first-order chi connectivity index (χ1) is 14.6. The molecular weight excluding hydrogens is 420 g/mol. The highest BCUT2D eigenvalue weighted by Crippen LogP contribution is 2.27. The Balaban J connectivity index is 1.79. The van der Waals surface area contributed by atoms with E-state index in [4.69, 9.17) is 16.3 Å². The van der Waals surface area contributed by atoms with E-state index in [9.17, 15) is 9.59 Å². The van der Waals surface area contributed by atoms with Gasteiger partial charge in [0.25, 0.3) is 5.56 Å². The van der Waals surface area contributed by atoms with Crippen LogP contribution in [0.25, 0.3) is 16.6 Å². The number of hydrogen-bond acceptors (Lipinski definition) is 5. The van der Waals surface area contributed by atoms with E-state index in [-0.39, 0.29) is 17.1 Å². The number of ether oxygens (including phenoxy) is 1. The maximum atomic E-state index is 13.3. The van der Waals surface area contributed by atoms with Crippen molar-refractivity contribution in [2.24, 2.45) is 0 Å². The zero-order chi connectivity index (χ0) is 21.1. The molecule has 0 aliphatic rings. The van der Waals surface area contributed by atoms with Crippen molar-refractivity contribution < 1.29 is 9.53 Å². The van der Waals surface area contributed by atoms with Gasteiger partial charge in [-0.15, -0.1) is 0 Å². The molecule has 0 aliphatic heterocycles. The minimum absolute atomic E-state index is 0.0781. The normalized spacial score (nSPS) is 10.9. The topological polar surface area (TPSA) is 61.2 Å². The number of ketones is 1. The molecule has 0 unspecified atom stereocenters. The van der Waals surface area contributed by atoms with Crippen molar-refractivity contribution in [2.45, 2.75) is 5.16 Å². The van der Waals surface area contributed by atoms with Gasteiger partial charge in [-0.2, -0.15) is 0 Å². The predicted molar refractivity (Wildman–Crippen MR) is 120 cm³/mol. The summed E-state index contributed by atoms with van der Waals surface area (Å²) in [6, 6.07) is 21.1. The van der Waals surface area contributed by atoms with Crippen LogP contribution in [0.3, 0.4) is 0 Å². The lowest BCUT2D eigenvalue weighted by molar-refractivity contribution is 0.102. The molecule has 3 aromatic carbocycles. The molecule has 0 aliphatic carbocycles. The average Bonchev–Trinajstić information content (AvgIpc) is 2.78. The standard InChI is InChI=1S/C23H17ClN2O3S/c1-29-21-9-5-4-8-19(21)26-22(28)17-6-2-3-7-18(17)25-23(26)30-14-20(27)15-10-12-16(24)13-11-15/h2-13H,14H2,1H3. The molecule has 0 spiro atoms. The molecule has 1 aromatic heterocycles. The summed E-state index contributed by atoms with van der Waals surface area (Å²) in [5.41, 5.74) is 1.49. The molecule has 0 saturated heterocycles. The minimum Gasteiger partial charge on any atom is -0.495 e. The Bertz CT molecular complexity index is 1290. The number of carbonyl (C=O) groups excluding carboxylic acids is 1. The third-order valence-electron chi connectivity index (χ3n) is 4.57. The zero-order valence-corrected chi connectivity index (χ0v) is 17.6. The van der Waals surface area contributed by atoms with E-state index in [1.807, 2.05) is 18.2 Å². The second kappa shape index (κ2) is 8.73. The Kier molecular flexibility index (Phi) is 5.88. The van der Waals surface area contributed by atoms with Crippen LogP contribution < -0.4 is 10.3 Å². The number of hydrogen-bond donors (Lipinski definition) is 0. The monoisotopic (exact) mass is 436 g/mol. The van der Waals surface area contributed by atoms with Crippen LogP contribution in [-0.2, 0) is 0 Å². The lowest BCUT2D eigenvalue weighted by atomic mass is 10.1. The number of nitrogens with zero attached hydrogens (tertiary/aromatic N) is 2. The largest absolute Gasteiger partial charge is 0.495 e. The SMILES string of the molecule is COc1ccccc1-n1c(SCC(=O)c2ccc(Cl)cc2)nc2ccccc2c1=O. The summed E-state index contributed by atoms with van der Waals surface area (Å²) in [5.74, 6) is 0.592. The van der Waals surface area contributed by atoms with Gasteiger partial charge in [0, 0.05) is 10.6 Å². The average molecular weight is 437 g/mol. The number of rotatable bonds is 6. The van der Waals surface area contributed by atoms with Gasteiger partial charge in [0.15, 0.2) is 10.9 Å². The zero-order valence-electron chi connectivity index (χ0n) is 16.0. The fourth-order valence-electron chi connectivity index (χ4n) is 3.09. The summed E-state index contributed by atoms with van der Waals surface area (Å²) >= 11 is 7.11. The van der Waals surface area contributed by atoms with E-state index >= 15 is 0 Å².